The first-order valence-corrected chi connectivity index (χ1v) is 4.42. The highest BCUT2D eigenvalue weighted by atomic mass is 35.5. The molecule has 0 aliphatic carbocycles. The molecule has 0 radical (unpaired) electrons. The zero-order chi connectivity index (χ0) is 9.40. The number of hydrogen-bond donors (Lipinski definition) is 1. The highest BCUT2D eigenvalue weighted by Gasteiger charge is 1.91. The highest BCUT2D eigenvalue weighted by Crippen LogP contribution is 2.07. The van der Waals surface area contributed by atoms with Crippen LogP contribution in [-0.4, -0.2) is 16.5 Å². The van der Waals surface area contributed by atoms with Crippen molar-refractivity contribution in [2.75, 3.05) is 11.9 Å². The Hall–Kier alpha value is -0.830. The van der Waals surface area contributed by atoms with Crippen molar-refractivity contribution in [2.24, 2.45) is 0 Å². The number of hydrogen-bond acceptors (Lipinski definition) is 3. The maximum Gasteiger partial charge on any atom is 0.134 e. The van der Waals surface area contributed by atoms with Gasteiger partial charge in [-0.15, -0.1) is 0 Å². The molecule has 0 aliphatic heterocycles. The average molecular weight is 188 g/mol. The van der Waals surface area contributed by atoms with Gasteiger partial charge in [-0.25, -0.2) is 9.97 Å². The third-order valence-corrected chi connectivity index (χ3v) is 1.20. The molecular weight excluding hydrogens is 174 g/mol. The van der Waals surface area contributed by atoms with E-state index in [1.807, 2.05) is 20.8 Å². The third kappa shape index (κ3) is 4.13. The lowest BCUT2D eigenvalue weighted by Crippen LogP contribution is -1.98. The van der Waals surface area contributed by atoms with E-state index in [0.717, 1.165) is 12.4 Å². The minimum Gasteiger partial charge on any atom is -0.370 e. The molecule has 1 N–H and O–H groups in total. The van der Waals surface area contributed by atoms with Crippen LogP contribution in [-0.2, 0) is 0 Å². The minimum atomic E-state index is 0.464. The number of nitrogens with zero attached hydrogens (tertiary/aromatic N) is 2. The van der Waals surface area contributed by atoms with E-state index in [0.29, 0.717) is 5.15 Å². The number of aromatic nitrogens is 2. The van der Waals surface area contributed by atoms with Gasteiger partial charge in [0.2, 0.25) is 0 Å². The summed E-state index contributed by atoms with van der Waals surface area (Å²) in [6.45, 7) is 6.84. The first-order valence-electron chi connectivity index (χ1n) is 4.04. The maximum absolute atomic E-state index is 5.59. The van der Waals surface area contributed by atoms with Gasteiger partial charge in [0.1, 0.15) is 17.3 Å². The summed E-state index contributed by atoms with van der Waals surface area (Å²) in [7, 11) is 0. The third-order valence-electron chi connectivity index (χ3n) is 0.992. The van der Waals surface area contributed by atoms with Gasteiger partial charge in [-0.1, -0.05) is 25.4 Å². The Labute approximate surface area is 78.2 Å². The molecule has 1 heterocycles. The zero-order valence-electron chi connectivity index (χ0n) is 7.63. The van der Waals surface area contributed by atoms with Crippen LogP contribution >= 0.6 is 11.6 Å². The zero-order valence-corrected chi connectivity index (χ0v) is 8.39. The highest BCUT2D eigenvalue weighted by molar-refractivity contribution is 6.29. The number of rotatable bonds is 2. The molecule has 0 spiro atoms. The van der Waals surface area contributed by atoms with Gasteiger partial charge < -0.3 is 5.32 Å². The standard InChI is InChI=1S/C6H8ClN3.C2H6/c1-2-8-6-3-5(7)9-4-10-6;1-2/h3-4H,2H2,1H3,(H,8,9,10);1-2H3. The Bertz CT molecular complexity index is 215. The van der Waals surface area contributed by atoms with Gasteiger partial charge >= 0.3 is 0 Å². The van der Waals surface area contributed by atoms with Crippen LogP contribution in [0.5, 0.6) is 0 Å². The summed E-state index contributed by atoms with van der Waals surface area (Å²) in [6, 6.07) is 1.69. The second-order valence-electron chi connectivity index (χ2n) is 1.76. The van der Waals surface area contributed by atoms with E-state index in [2.05, 4.69) is 15.3 Å². The fraction of sp³-hybridized carbons (Fsp3) is 0.500. The lowest BCUT2D eigenvalue weighted by molar-refractivity contribution is 1.11. The monoisotopic (exact) mass is 187 g/mol. The van der Waals surface area contributed by atoms with Gasteiger partial charge in [-0.3, -0.25) is 0 Å². The van der Waals surface area contributed by atoms with Crippen molar-refractivity contribution >= 4 is 17.4 Å². The quantitative estimate of drug-likeness (QED) is 0.724. The Balaban J connectivity index is 0.000000561. The summed E-state index contributed by atoms with van der Waals surface area (Å²) in [4.78, 5) is 7.66. The minimum absolute atomic E-state index is 0.464. The van der Waals surface area contributed by atoms with Crippen LogP contribution in [0.2, 0.25) is 5.15 Å². The van der Waals surface area contributed by atoms with E-state index < -0.39 is 0 Å². The van der Waals surface area contributed by atoms with Crippen LogP contribution in [0.25, 0.3) is 0 Å². The molecule has 0 atom stereocenters. The molecule has 68 valence electrons. The van der Waals surface area contributed by atoms with Crippen molar-refractivity contribution in [3.63, 3.8) is 0 Å². The molecule has 0 bridgehead atoms. The lowest BCUT2D eigenvalue weighted by Gasteiger charge is -1.99. The van der Waals surface area contributed by atoms with Crippen LogP contribution < -0.4 is 5.32 Å². The first-order chi connectivity index (χ1) is 5.83. The summed E-state index contributed by atoms with van der Waals surface area (Å²) in [6.07, 6.45) is 1.43. The molecule has 0 aromatic carbocycles. The topological polar surface area (TPSA) is 37.8 Å². The Morgan fingerprint density at radius 2 is 2.08 bits per heavy atom. The summed E-state index contributed by atoms with van der Waals surface area (Å²) in [5, 5.41) is 3.48. The van der Waals surface area contributed by atoms with Gasteiger partial charge in [0, 0.05) is 12.6 Å². The Morgan fingerprint density at radius 3 is 2.58 bits per heavy atom. The molecule has 3 nitrogen and oxygen atoms in total. The fourth-order valence-electron chi connectivity index (χ4n) is 0.611. The van der Waals surface area contributed by atoms with E-state index in [-0.39, 0.29) is 0 Å². The van der Waals surface area contributed by atoms with Crippen molar-refractivity contribution in [3.8, 4) is 0 Å². The van der Waals surface area contributed by atoms with Crippen LogP contribution in [0.15, 0.2) is 12.4 Å². The van der Waals surface area contributed by atoms with Crippen molar-refractivity contribution in [1.82, 2.24) is 9.97 Å². The van der Waals surface area contributed by atoms with E-state index in [1.165, 1.54) is 6.33 Å². The van der Waals surface area contributed by atoms with Crippen molar-refractivity contribution in [3.05, 3.63) is 17.5 Å². The van der Waals surface area contributed by atoms with Crippen molar-refractivity contribution in [1.29, 1.82) is 0 Å². The average Bonchev–Trinajstić information content (AvgIpc) is 2.09. The summed E-state index contributed by atoms with van der Waals surface area (Å²) in [5.74, 6) is 0.766. The van der Waals surface area contributed by atoms with Crippen LogP contribution in [0.3, 0.4) is 0 Å². The Kier molecular flexibility index (Phi) is 6.38. The van der Waals surface area contributed by atoms with E-state index >= 15 is 0 Å². The van der Waals surface area contributed by atoms with Gasteiger partial charge in [0.15, 0.2) is 0 Å². The normalized spacial score (nSPS) is 8.33. The number of anilines is 1. The molecule has 1 aromatic rings. The first kappa shape index (κ1) is 11.2. The summed E-state index contributed by atoms with van der Waals surface area (Å²) >= 11 is 5.59. The van der Waals surface area contributed by atoms with Gasteiger partial charge in [0.05, 0.1) is 0 Å². The van der Waals surface area contributed by atoms with Crippen molar-refractivity contribution < 1.29 is 0 Å². The fourth-order valence-corrected chi connectivity index (χ4v) is 0.758. The molecule has 4 heteroatoms. The predicted octanol–water partition coefficient (Wildman–Crippen LogP) is 2.59. The number of halogens is 1. The van der Waals surface area contributed by atoms with Crippen LogP contribution in [0.4, 0.5) is 5.82 Å². The predicted molar refractivity (Wildman–Crippen MR) is 52.6 cm³/mol. The Morgan fingerprint density at radius 1 is 1.42 bits per heavy atom. The molecule has 1 rings (SSSR count). The molecule has 0 fully saturated rings. The number of nitrogens with one attached hydrogen (secondary N) is 1. The van der Waals surface area contributed by atoms with Gasteiger partial charge in [0.25, 0.3) is 0 Å². The lowest BCUT2D eigenvalue weighted by atomic mass is 10.5. The van der Waals surface area contributed by atoms with E-state index in [4.69, 9.17) is 11.6 Å². The second-order valence-corrected chi connectivity index (χ2v) is 2.14. The SMILES string of the molecule is CC.CCNc1cc(Cl)ncn1. The summed E-state index contributed by atoms with van der Waals surface area (Å²) in [5.41, 5.74) is 0. The molecule has 0 saturated carbocycles. The molecule has 1 aromatic heterocycles. The smallest absolute Gasteiger partial charge is 0.134 e. The molecule has 0 aliphatic rings. The molecule has 0 amide bonds. The second kappa shape index (κ2) is 6.85. The van der Waals surface area contributed by atoms with Gasteiger partial charge in [-0.05, 0) is 6.92 Å². The van der Waals surface area contributed by atoms with E-state index in [9.17, 15) is 0 Å². The van der Waals surface area contributed by atoms with Crippen LogP contribution in [0.1, 0.15) is 20.8 Å². The largest absolute Gasteiger partial charge is 0.370 e. The van der Waals surface area contributed by atoms with Crippen LogP contribution in [0, 0.1) is 0 Å². The molecule has 0 unspecified atom stereocenters. The van der Waals surface area contributed by atoms with E-state index in [1.54, 1.807) is 6.07 Å². The van der Waals surface area contributed by atoms with Crippen molar-refractivity contribution in [2.45, 2.75) is 20.8 Å². The van der Waals surface area contributed by atoms with Gasteiger partial charge in [-0.2, -0.15) is 0 Å². The maximum atomic E-state index is 5.59. The molecule has 0 saturated heterocycles. The molecule has 12 heavy (non-hydrogen) atoms. The summed E-state index contributed by atoms with van der Waals surface area (Å²) < 4.78 is 0. The molecular formula is C8H14ClN3.